The van der Waals surface area contributed by atoms with Gasteiger partial charge in [0.2, 0.25) is 0 Å². The minimum Gasteiger partial charge on any atom is -0.493 e. The zero-order chi connectivity index (χ0) is 23.9. The minimum atomic E-state index is 0.247. The number of hydrogen-bond donors (Lipinski definition) is 1. The molecule has 6 rings (SSSR count). The monoisotopic (exact) mass is 472 g/mol. The van der Waals surface area contributed by atoms with Crippen molar-refractivity contribution < 1.29 is 4.74 Å². The molecule has 1 aliphatic carbocycles. The summed E-state index contributed by atoms with van der Waals surface area (Å²) in [7, 11) is 1.64. The number of nitrogens with zero attached hydrogens (tertiary/aromatic N) is 7. The summed E-state index contributed by atoms with van der Waals surface area (Å²) in [5.74, 6) is 0.913. The number of ether oxygens (including phenoxy) is 1. The van der Waals surface area contributed by atoms with Crippen LogP contribution in [0.1, 0.15) is 44.6 Å². The number of methoxy groups -OCH3 is 1. The average Bonchev–Trinajstić information content (AvgIpc) is 3.50. The quantitative estimate of drug-likeness (QED) is 0.454. The topological polar surface area (TPSA) is 87.5 Å². The second-order valence-corrected chi connectivity index (χ2v) is 9.85. The van der Waals surface area contributed by atoms with Gasteiger partial charge in [0.25, 0.3) is 0 Å². The van der Waals surface area contributed by atoms with Crippen LogP contribution in [0, 0.1) is 0 Å². The van der Waals surface area contributed by atoms with Gasteiger partial charge in [0, 0.05) is 49.5 Å². The van der Waals surface area contributed by atoms with Crippen LogP contribution in [-0.4, -0.2) is 74.0 Å². The van der Waals surface area contributed by atoms with Crippen LogP contribution in [0.2, 0.25) is 0 Å². The highest BCUT2D eigenvalue weighted by molar-refractivity contribution is 5.75. The van der Waals surface area contributed by atoms with E-state index < -0.39 is 0 Å². The van der Waals surface area contributed by atoms with Crippen molar-refractivity contribution in [2.24, 2.45) is 0 Å². The van der Waals surface area contributed by atoms with Crippen LogP contribution in [0.4, 0.5) is 5.69 Å². The molecule has 0 unspecified atom stereocenters. The predicted molar refractivity (Wildman–Crippen MR) is 136 cm³/mol. The van der Waals surface area contributed by atoms with Crippen molar-refractivity contribution in [1.29, 1.82) is 0 Å². The smallest absolute Gasteiger partial charge is 0.197 e. The highest BCUT2D eigenvalue weighted by Crippen LogP contribution is 2.37. The van der Waals surface area contributed by atoms with E-state index >= 15 is 0 Å². The SMILES string of the molecule is COc1cc(-c2n[nH]c(-c3ccc(N4CCN(C5CCC5)CC4)cn3)c2C(C)C)cn2ncnc12. The molecule has 0 bridgehead atoms. The molecule has 0 amide bonds. The molecule has 0 atom stereocenters. The molecule has 9 nitrogen and oxygen atoms in total. The van der Waals surface area contributed by atoms with Crippen LogP contribution in [0.5, 0.6) is 5.75 Å². The zero-order valence-corrected chi connectivity index (χ0v) is 20.6. The summed E-state index contributed by atoms with van der Waals surface area (Å²) in [6, 6.07) is 7.09. The van der Waals surface area contributed by atoms with Crippen LogP contribution in [0.15, 0.2) is 36.9 Å². The fourth-order valence-corrected chi connectivity index (χ4v) is 5.32. The first-order chi connectivity index (χ1) is 17.1. The highest BCUT2D eigenvalue weighted by Gasteiger charge is 2.28. The summed E-state index contributed by atoms with van der Waals surface area (Å²) >= 11 is 0. The Morgan fingerprint density at radius 2 is 1.91 bits per heavy atom. The van der Waals surface area contributed by atoms with Gasteiger partial charge >= 0.3 is 0 Å². The van der Waals surface area contributed by atoms with E-state index in [9.17, 15) is 0 Å². The van der Waals surface area contributed by atoms with Crippen molar-refractivity contribution >= 4 is 11.3 Å². The molecule has 1 saturated carbocycles. The molecule has 4 aromatic rings. The van der Waals surface area contributed by atoms with Gasteiger partial charge in [-0.2, -0.15) is 10.2 Å². The van der Waals surface area contributed by atoms with Crippen molar-refractivity contribution in [3.63, 3.8) is 0 Å². The summed E-state index contributed by atoms with van der Waals surface area (Å²) in [6.07, 6.45) is 9.62. The van der Waals surface area contributed by atoms with Crippen molar-refractivity contribution in [1.82, 2.24) is 34.7 Å². The molecule has 9 heteroatoms. The van der Waals surface area contributed by atoms with Gasteiger partial charge in [-0.1, -0.05) is 20.3 Å². The van der Waals surface area contributed by atoms with Gasteiger partial charge in [-0.25, -0.2) is 9.50 Å². The van der Waals surface area contributed by atoms with Gasteiger partial charge in [-0.3, -0.25) is 15.0 Å². The maximum Gasteiger partial charge on any atom is 0.197 e. The molecule has 0 aromatic carbocycles. The molecule has 4 aromatic heterocycles. The van der Waals surface area contributed by atoms with Gasteiger partial charge in [-0.05, 0) is 37.0 Å². The normalized spacial score (nSPS) is 17.3. The lowest BCUT2D eigenvalue weighted by atomic mass is 9.91. The lowest BCUT2D eigenvalue weighted by Crippen LogP contribution is -2.52. The molecule has 1 saturated heterocycles. The summed E-state index contributed by atoms with van der Waals surface area (Å²) in [6.45, 7) is 8.78. The highest BCUT2D eigenvalue weighted by atomic mass is 16.5. The Hall–Kier alpha value is -3.46. The van der Waals surface area contributed by atoms with E-state index in [0.717, 1.165) is 60.4 Å². The number of aromatic amines is 1. The van der Waals surface area contributed by atoms with E-state index in [4.69, 9.17) is 14.8 Å². The van der Waals surface area contributed by atoms with Crippen LogP contribution in [-0.2, 0) is 0 Å². The van der Waals surface area contributed by atoms with Crippen LogP contribution in [0.25, 0.3) is 28.3 Å². The first-order valence-corrected chi connectivity index (χ1v) is 12.5. The third kappa shape index (κ3) is 3.93. The number of aromatic nitrogens is 6. The number of hydrogen-bond acceptors (Lipinski definition) is 7. The Morgan fingerprint density at radius 1 is 1.09 bits per heavy atom. The molecule has 35 heavy (non-hydrogen) atoms. The van der Waals surface area contributed by atoms with E-state index in [1.54, 1.807) is 11.6 Å². The number of fused-ring (bicyclic) bond motifs is 1. The third-order valence-electron chi connectivity index (χ3n) is 7.49. The first kappa shape index (κ1) is 22.0. The summed E-state index contributed by atoms with van der Waals surface area (Å²) < 4.78 is 7.29. The van der Waals surface area contributed by atoms with Gasteiger partial charge in [0.15, 0.2) is 11.4 Å². The number of nitrogens with one attached hydrogen (secondary N) is 1. The number of H-pyrrole nitrogens is 1. The zero-order valence-electron chi connectivity index (χ0n) is 20.6. The molecular formula is C26H32N8O. The number of piperazine rings is 1. The third-order valence-corrected chi connectivity index (χ3v) is 7.49. The average molecular weight is 473 g/mol. The van der Waals surface area contributed by atoms with E-state index in [1.165, 1.54) is 31.3 Å². The van der Waals surface area contributed by atoms with E-state index in [0.29, 0.717) is 11.4 Å². The molecular weight excluding hydrogens is 440 g/mol. The molecule has 5 heterocycles. The first-order valence-electron chi connectivity index (χ1n) is 12.5. The lowest BCUT2D eigenvalue weighted by Gasteiger charge is -2.43. The molecule has 2 fully saturated rings. The molecule has 1 aliphatic heterocycles. The van der Waals surface area contributed by atoms with Crippen LogP contribution < -0.4 is 9.64 Å². The largest absolute Gasteiger partial charge is 0.493 e. The van der Waals surface area contributed by atoms with Gasteiger partial charge in [0.05, 0.1) is 36.1 Å². The maximum absolute atomic E-state index is 5.56. The standard InChI is InChI=1S/C26H32N8O/c1-17(2)23-24(18-13-22(35-3)26-28-16-29-34(26)15-18)30-31-25(23)21-8-7-20(14-27-21)33-11-9-32(10-12-33)19-5-4-6-19/h7-8,13-17,19H,4-6,9-12H2,1-3H3,(H,30,31). The molecule has 0 radical (unpaired) electrons. The van der Waals surface area contributed by atoms with Crippen molar-refractivity contribution in [2.45, 2.75) is 45.1 Å². The van der Waals surface area contributed by atoms with E-state index in [2.05, 4.69) is 51.0 Å². The maximum atomic E-state index is 5.56. The van der Waals surface area contributed by atoms with E-state index in [1.807, 2.05) is 18.5 Å². The van der Waals surface area contributed by atoms with Crippen molar-refractivity contribution in [3.05, 3.63) is 42.5 Å². The molecule has 1 N–H and O–H groups in total. The van der Waals surface area contributed by atoms with Gasteiger partial charge in [0.1, 0.15) is 6.33 Å². The summed E-state index contributed by atoms with van der Waals surface area (Å²) in [4.78, 5) is 14.2. The van der Waals surface area contributed by atoms with Crippen LogP contribution in [0.3, 0.4) is 0 Å². The Labute approximate surface area is 205 Å². The Balaban J connectivity index is 1.27. The van der Waals surface area contributed by atoms with Crippen molar-refractivity contribution in [2.75, 3.05) is 38.2 Å². The number of pyridine rings is 2. The molecule has 2 aliphatic rings. The Morgan fingerprint density at radius 3 is 2.57 bits per heavy atom. The fraction of sp³-hybridized carbons (Fsp3) is 0.462. The molecule has 0 spiro atoms. The summed E-state index contributed by atoms with van der Waals surface area (Å²) in [5, 5.41) is 12.3. The second-order valence-electron chi connectivity index (χ2n) is 9.85. The Bertz CT molecular complexity index is 1310. The second kappa shape index (κ2) is 8.96. The van der Waals surface area contributed by atoms with E-state index in [-0.39, 0.29) is 5.92 Å². The number of rotatable bonds is 6. The number of anilines is 1. The minimum absolute atomic E-state index is 0.247. The predicted octanol–water partition coefficient (Wildman–Crippen LogP) is 3.99. The van der Waals surface area contributed by atoms with Gasteiger partial charge < -0.3 is 9.64 Å². The van der Waals surface area contributed by atoms with Gasteiger partial charge in [-0.15, -0.1) is 0 Å². The fourth-order valence-electron chi connectivity index (χ4n) is 5.32. The Kier molecular flexibility index (Phi) is 5.64. The summed E-state index contributed by atoms with van der Waals surface area (Å²) in [5.41, 5.74) is 6.65. The van der Waals surface area contributed by atoms with Crippen molar-refractivity contribution in [3.8, 4) is 28.4 Å². The molecule has 182 valence electrons. The van der Waals surface area contributed by atoms with Crippen LogP contribution >= 0.6 is 0 Å². The lowest BCUT2D eigenvalue weighted by molar-refractivity contribution is 0.120.